The van der Waals surface area contributed by atoms with Crippen LogP contribution in [0.1, 0.15) is 27.8 Å². The Morgan fingerprint density at radius 1 is 1.45 bits per heavy atom. The van der Waals surface area contributed by atoms with Gasteiger partial charge in [-0.25, -0.2) is 4.79 Å². The zero-order chi connectivity index (χ0) is 14.9. The molecule has 2 N–H and O–H groups in total. The number of nitrogens with one attached hydrogen (secondary N) is 1. The van der Waals surface area contributed by atoms with E-state index >= 15 is 0 Å². The first-order chi connectivity index (χ1) is 9.41. The molecule has 0 aromatic carbocycles. The Hall–Kier alpha value is -2.77. The van der Waals surface area contributed by atoms with Gasteiger partial charge in [0.05, 0.1) is 5.56 Å². The molecule has 2 heterocycles. The van der Waals surface area contributed by atoms with E-state index in [1.54, 1.807) is 0 Å². The van der Waals surface area contributed by atoms with Gasteiger partial charge >= 0.3 is 5.97 Å². The van der Waals surface area contributed by atoms with Crippen molar-refractivity contribution >= 4 is 23.7 Å². The van der Waals surface area contributed by atoms with Gasteiger partial charge in [-0.15, -0.1) is 0 Å². The van der Waals surface area contributed by atoms with Crippen LogP contribution >= 0.6 is 0 Å². The van der Waals surface area contributed by atoms with E-state index < -0.39 is 29.7 Å². The van der Waals surface area contributed by atoms with Crippen LogP contribution in [-0.4, -0.2) is 51.3 Å². The van der Waals surface area contributed by atoms with Crippen molar-refractivity contribution in [1.29, 1.82) is 0 Å². The Morgan fingerprint density at radius 2 is 2.15 bits per heavy atom. The number of piperazine rings is 1. The Morgan fingerprint density at radius 3 is 2.80 bits per heavy atom. The molecule has 3 amide bonds. The van der Waals surface area contributed by atoms with E-state index in [-0.39, 0.29) is 17.8 Å². The summed E-state index contributed by atoms with van der Waals surface area (Å²) in [7, 11) is 0. The van der Waals surface area contributed by atoms with E-state index in [2.05, 4.69) is 10.3 Å². The second-order valence-electron chi connectivity index (χ2n) is 4.23. The number of hydrogen-bond donors (Lipinski definition) is 2. The monoisotopic (exact) mass is 277 g/mol. The molecule has 1 saturated heterocycles. The maximum Gasteiger partial charge on any atom is 0.338 e. The maximum atomic E-state index is 12.3. The van der Waals surface area contributed by atoms with Crippen LogP contribution in [0, 0.1) is 0 Å². The van der Waals surface area contributed by atoms with Crippen molar-refractivity contribution in [2.24, 2.45) is 0 Å². The van der Waals surface area contributed by atoms with Crippen molar-refractivity contribution in [3.8, 4) is 0 Å². The largest absolute Gasteiger partial charge is 0.478 e. The topological polar surface area (TPSA) is 117 Å². The van der Waals surface area contributed by atoms with Gasteiger partial charge in [-0.05, 0) is 19.1 Å². The van der Waals surface area contributed by atoms with Crippen molar-refractivity contribution in [3.05, 3.63) is 29.6 Å². The molecule has 8 nitrogen and oxygen atoms in total. The summed E-state index contributed by atoms with van der Waals surface area (Å²) < 4.78 is 0. The lowest BCUT2D eigenvalue weighted by Gasteiger charge is -2.31. The molecule has 1 unspecified atom stereocenters. The molecule has 1 aliphatic heterocycles. The summed E-state index contributed by atoms with van der Waals surface area (Å²) in [5, 5.41) is 11.1. The van der Waals surface area contributed by atoms with Gasteiger partial charge in [0, 0.05) is 6.20 Å². The second kappa shape index (κ2) is 5.08. The number of carboxylic acid groups (broad SMARTS) is 1. The first-order valence-electron chi connectivity index (χ1n) is 5.74. The van der Waals surface area contributed by atoms with Crippen molar-refractivity contribution in [2.75, 3.05) is 6.54 Å². The maximum absolute atomic E-state index is 12.3. The molecule has 1 fully saturated rings. The molecule has 0 aliphatic carbocycles. The molecule has 0 radical (unpaired) electrons. The summed E-state index contributed by atoms with van der Waals surface area (Å²) in [6, 6.07) is 1.75. The number of pyridine rings is 1. The number of imide groups is 1. The van der Waals surface area contributed by atoms with Crippen LogP contribution in [0.15, 0.2) is 18.3 Å². The third kappa shape index (κ3) is 2.35. The fourth-order valence-corrected chi connectivity index (χ4v) is 1.85. The molecule has 20 heavy (non-hydrogen) atoms. The molecular weight excluding hydrogens is 266 g/mol. The summed E-state index contributed by atoms with van der Waals surface area (Å²) in [6.07, 6.45) is 1.27. The van der Waals surface area contributed by atoms with Gasteiger partial charge in [0.1, 0.15) is 18.3 Å². The molecule has 1 aromatic rings. The van der Waals surface area contributed by atoms with E-state index in [0.717, 1.165) is 4.90 Å². The van der Waals surface area contributed by atoms with E-state index in [1.165, 1.54) is 25.3 Å². The highest BCUT2D eigenvalue weighted by Crippen LogP contribution is 2.13. The first kappa shape index (κ1) is 13.7. The number of aromatic carboxylic acids is 1. The third-order valence-corrected chi connectivity index (χ3v) is 2.93. The minimum Gasteiger partial charge on any atom is -0.478 e. The highest BCUT2D eigenvalue weighted by molar-refractivity contribution is 6.09. The smallest absolute Gasteiger partial charge is 0.338 e. The number of carbonyl (C=O) groups is 4. The van der Waals surface area contributed by atoms with Crippen LogP contribution in [0.4, 0.5) is 0 Å². The third-order valence-electron chi connectivity index (χ3n) is 2.93. The molecule has 1 aromatic heterocycles. The second-order valence-corrected chi connectivity index (χ2v) is 4.23. The normalized spacial score (nSPS) is 18.6. The zero-order valence-electron chi connectivity index (χ0n) is 10.5. The molecule has 8 heteroatoms. The fraction of sp³-hybridized carbons (Fsp3) is 0.250. The van der Waals surface area contributed by atoms with Gasteiger partial charge in [-0.1, -0.05) is 0 Å². The van der Waals surface area contributed by atoms with Gasteiger partial charge in [-0.3, -0.25) is 24.7 Å². The number of hydrogen-bond acceptors (Lipinski definition) is 5. The van der Waals surface area contributed by atoms with Gasteiger partial charge in [0.25, 0.3) is 5.91 Å². The van der Waals surface area contributed by atoms with Gasteiger partial charge in [0.2, 0.25) is 11.8 Å². The minimum atomic E-state index is -1.30. The molecule has 1 atom stereocenters. The quantitative estimate of drug-likeness (QED) is 0.688. The van der Waals surface area contributed by atoms with Crippen LogP contribution in [0.2, 0.25) is 0 Å². The summed E-state index contributed by atoms with van der Waals surface area (Å²) in [4.78, 5) is 50.9. The number of aromatic nitrogens is 1. The van der Waals surface area contributed by atoms with Crippen molar-refractivity contribution in [1.82, 2.24) is 15.2 Å². The van der Waals surface area contributed by atoms with Crippen LogP contribution in [-0.2, 0) is 9.59 Å². The standard InChI is InChI=1S/C12H11N3O5/c1-6-10(17)14-8(16)5-15(6)11(18)9-7(12(19)20)3-2-4-13-9/h2-4,6H,5H2,1H3,(H,19,20)(H,14,16,17). The van der Waals surface area contributed by atoms with Crippen molar-refractivity contribution < 1.29 is 24.3 Å². The first-order valence-corrected chi connectivity index (χ1v) is 5.74. The zero-order valence-corrected chi connectivity index (χ0v) is 10.5. The summed E-state index contributed by atoms with van der Waals surface area (Å²) >= 11 is 0. The summed E-state index contributed by atoms with van der Waals surface area (Å²) in [6.45, 7) is 1.13. The van der Waals surface area contributed by atoms with E-state index in [4.69, 9.17) is 5.11 Å². The highest BCUT2D eigenvalue weighted by Gasteiger charge is 2.35. The predicted octanol–water partition coefficient (Wildman–Crippen LogP) is -0.733. The number of rotatable bonds is 2. The fourth-order valence-electron chi connectivity index (χ4n) is 1.85. The summed E-state index contributed by atoms with van der Waals surface area (Å²) in [5.41, 5.74) is -0.572. The van der Waals surface area contributed by atoms with Crippen LogP contribution in [0.5, 0.6) is 0 Å². The Balaban J connectivity index is 2.38. The Labute approximate surface area is 113 Å². The lowest BCUT2D eigenvalue weighted by Crippen LogP contribution is -2.58. The average molecular weight is 277 g/mol. The van der Waals surface area contributed by atoms with E-state index in [9.17, 15) is 19.2 Å². The molecule has 0 spiro atoms. The van der Waals surface area contributed by atoms with E-state index in [1.807, 2.05) is 0 Å². The lowest BCUT2D eigenvalue weighted by molar-refractivity contribution is -0.138. The number of nitrogens with zero attached hydrogens (tertiary/aromatic N) is 2. The number of amides is 3. The number of carbonyl (C=O) groups excluding carboxylic acids is 3. The average Bonchev–Trinajstić information content (AvgIpc) is 2.42. The lowest BCUT2D eigenvalue weighted by atomic mass is 10.1. The Kier molecular flexibility index (Phi) is 3.47. The summed E-state index contributed by atoms with van der Waals surface area (Å²) in [5.74, 6) is -3.29. The van der Waals surface area contributed by atoms with Crippen molar-refractivity contribution in [2.45, 2.75) is 13.0 Å². The van der Waals surface area contributed by atoms with Crippen LogP contribution in [0.25, 0.3) is 0 Å². The van der Waals surface area contributed by atoms with Gasteiger partial charge in [-0.2, -0.15) is 0 Å². The molecule has 0 bridgehead atoms. The molecular formula is C12H11N3O5. The van der Waals surface area contributed by atoms with Gasteiger partial charge < -0.3 is 10.0 Å². The van der Waals surface area contributed by atoms with Crippen LogP contribution < -0.4 is 5.32 Å². The number of carboxylic acids is 1. The highest BCUT2D eigenvalue weighted by atomic mass is 16.4. The molecule has 1 aliphatic rings. The SMILES string of the molecule is CC1C(=O)NC(=O)CN1C(=O)c1ncccc1C(=O)O. The molecule has 2 rings (SSSR count). The molecule has 0 saturated carbocycles. The van der Waals surface area contributed by atoms with E-state index in [0.29, 0.717) is 0 Å². The van der Waals surface area contributed by atoms with Gasteiger partial charge in [0.15, 0.2) is 0 Å². The molecule has 104 valence electrons. The van der Waals surface area contributed by atoms with Crippen LogP contribution in [0.3, 0.4) is 0 Å². The van der Waals surface area contributed by atoms with Crippen molar-refractivity contribution in [3.63, 3.8) is 0 Å². The predicted molar refractivity (Wildman–Crippen MR) is 64.8 cm³/mol. The Bertz CT molecular complexity index is 613. The minimum absolute atomic E-state index is 0.275.